The van der Waals surface area contributed by atoms with Gasteiger partial charge in [0.05, 0.1) is 0 Å². The maximum atomic E-state index is 2.40. The normalized spacial score (nSPS) is 15.1. The molecule has 0 saturated carbocycles. The van der Waals surface area contributed by atoms with Crippen molar-refractivity contribution in [2.75, 3.05) is 0 Å². The van der Waals surface area contributed by atoms with Crippen LogP contribution in [-0.2, 0) is 11.8 Å². The van der Waals surface area contributed by atoms with Gasteiger partial charge in [-0.1, -0.05) is 98.8 Å². The zero-order valence-electron chi connectivity index (χ0n) is 17.3. The number of benzene rings is 5. The van der Waals surface area contributed by atoms with Crippen LogP contribution in [0.1, 0.15) is 36.1 Å². The molecular weight excluding hydrogens is 360 g/mol. The molecule has 0 bridgehead atoms. The highest BCUT2D eigenvalue weighted by Crippen LogP contribution is 2.57. The van der Waals surface area contributed by atoms with Crippen LogP contribution in [-0.4, -0.2) is 0 Å². The van der Waals surface area contributed by atoms with E-state index in [0.29, 0.717) is 0 Å². The standard InChI is InChI=1S/C30H22/c1-30(2)26-14-8-7-12-22(26)24-16-15-18-17-25-21-11-4-3-9-19(21)20-10-5-6-13-23(20)28(25)27(18)29(24)30/h3-16H,17H2,1-2H3. The Morgan fingerprint density at radius 3 is 2.00 bits per heavy atom. The molecular formula is C30H22. The minimum absolute atomic E-state index is 0.00558. The highest BCUT2D eigenvalue weighted by atomic mass is 14.4. The van der Waals surface area contributed by atoms with Gasteiger partial charge in [0.15, 0.2) is 0 Å². The molecule has 0 radical (unpaired) electrons. The van der Waals surface area contributed by atoms with Crippen molar-refractivity contribution in [2.24, 2.45) is 0 Å². The summed E-state index contributed by atoms with van der Waals surface area (Å²) in [4.78, 5) is 0. The molecule has 0 spiro atoms. The summed E-state index contributed by atoms with van der Waals surface area (Å²) in [5.74, 6) is 0. The van der Waals surface area contributed by atoms with Crippen molar-refractivity contribution >= 4 is 21.5 Å². The van der Waals surface area contributed by atoms with Crippen LogP contribution in [0, 0.1) is 0 Å². The smallest absolute Gasteiger partial charge is 0.0165 e. The molecule has 0 saturated heterocycles. The molecule has 2 aliphatic carbocycles. The second-order valence-corrected chi connectivity index (χ2v) is 9.31. The van der Waals surface area contributed by atoms with E-state index in [9.17, 15) is 0 Å². The van der Waals surface area contributed by atoms with E-state index < -0.39 is 0 Å². The predicted molar refractivity (Wildman–Crippen MR) is 127 cm³/mol. The summed E-state index contributed by atoms with van der Waals surface area (Å²) in [6.07, 6.45) is 1.02. The molecule has 0 aromatic heterocycles. The maximum absolute atomic E-state index is 2.40. The van der Waals surface area contributed by atoms with Crippen LogP contribution in [0.5, 0.6) is 0 Å². The first-order valence-corrected chi connectivity index (χ1v) is 10.8. The third-order valence-corrected chi connectivity index (χ3v) is 7.46. The lowest BCUT2D eigenvalue weighted by Crippen LogP contribution is -2.16. The lowest BCUT2D eigenvalue weighted by Gasteiger charge is -2.25. The Labute approximate surface area is 176 Å². The molecule has 0 nitrogen and oxygen atoms in total. The molecule has 0 atom stereocenters. The molecule has 0 amide bonds. The topological polar surface area (TPSA) is 0 Å². The first kappa shape index (κ1) is 16.4. The van der Waals surface area contributed by atoms with Crippen molar-refractivity contribution in [1.29, 1.82) is 0 Å². The highest BCUT2D eigenvalue weighted by Gasteiger charge is 2.40. The van der Waals surface area contributed by atoms with E-state index in [1.165, 1.54) is 66.1 Å². The molecule has 30 heavy (non-hydrogen) atoms. The van der Waals surface area contributed by atoms with Crippen LogP contribution in [0.15, 0.2) is 84.9 Å². The number of hydrogen-bond acceptors (Lipinski definition) is 0. The monoisotopic (exact) mass is 382 g/mol. The largest absolute Gasteiger partial charge is 0.0619 e. The number of hydrogen-bond donors (Lipinski definition) is 0. The molecule has 142 valence electrons. The van der Waals surface area contributed by atoms with Crippen molar-refractivity contribution in [3.63, 3.8) is 0 Å². The molecule has 0 unspecified atom stereocenters. The number of rotatable bonds is 0. The van der Waals surface area contributed by atoms with Crippen LogP contribution in [0.3, 0.4) is 0 Å². The Hall–Kier alpha value is -3.38. The summed E-state index contributed by atoms with van der Waals surface area (Å²) in [5.41, 5.74) is 11.7. The second kappa shape index (κ2) is 5.40. The van der Waals surface area contributed by atoms with Gasteiger partial charge in [-0.2, -0.15) is 0 Å². The molecule has 0 N–H and O–H groups in total. The Kier molecular flexibility index (Phi) is 2.96. The van der Waals surface area contributed by atoms with Gasteiger partial charge < -0.3 is 0 Å². The van der Waals surface area contributed by atoms with Gasteiger partial charge in [-0.3, -0.25) is 0 Å². The zero-order valence-corrected chi connectivity index (χ0v) is 17.3. The fourth-order valence-corrected chi connectivity index (χ4v) is 6.22. The summed E-state index contributed by atoms with van der Waals surface area (Å²) >= 11 is 0. The molecule has 0 fully saturated rings. The number of fused-ring (bicyclic) bond motifs is 12. The highest BCUT2D eigenvalue weighted by molar-refractivity contribution is 6.18. The Morgan fingerprint density at radius 2 is 1.20 bits per heavy atom. The van der Waals surface area contributed by atoms with E-state index in [1.807, 2.05) is 0 Å². The summed E-state index contributed by atoms with van der Waals surface area (Å²) in [6, 6.07) is 31.7. The molecule has 5 aromatic carbocycles. The SMILES string of the molecule is CC1(C)c2ccccc2-c2ccc3c(c21)-c1c(c2ccccc2c2ccccc12)C3. The van der Waals surface area contributed by atoms with Crippen molar-refractivity contribution in [3.8, 4) is 22.3 Å². The van der Waals surface area contributed by atoms with Gasteiger partial charge in [-0.25, -0.2) is 0 Å². The van der Waals surface area contributed by atoms with E-state index in [2.05, 4.69) is 98.8 Å². The zero-order chi connectivity index (χ0) is 20.0. The lowest BCUT2D eigenvalue weighted by molar-refractivity contribution is 0.662. The molecule has 2 aliphatic rings. The quantitative estimate of drug-likeness (QED) is 0.234. The van der Waals surface area contributed by atoms with Crippen molar-refractivity contribution < 1.29 is 0 Å². The third kappa shape index (κ3) is 1.83. The van der Waals surface area contributed by atoms with E-state index >= 15 is 0 Å². The van der Waals surface area contributed by atoms with Crippen molar-refractivity contribution in [2.45, 2.75) is 25.7 Å². The first-order chi connectivity index (χ1) is 14.7. The van der Waals surface area contributed by atoms with Crippen LogP contribution in [0.25, 0.3) is 43.8 Å². The Bertz CT molecular complexity index is 1530. The molecule has 0 aliphatic heterocycles. The van der Waals surface area contributed by atoms with Gasteiger partial charge >= 0.3 is 0 Å². The van der Waals surface area contributed by atoms with Gasteiger partial charge in [0, 0.05) is 5.41 Å². The van der Waals surface area contributed by atoms with E-state index in [1.54, 1.807) is 0 Å². The molecule has 0 heteroatoms. The maximum Gasteiger partial charge on any atom is 0.0165 e. The summed E-state index contributed by atoms with van der Waals surface area (Å²) in [5, 5.41) is 5.54. The minimum Gasteiger partial charge on any atom is -0.0619 e. The molecule has 0 heterocycles. The van der Waals surface area contributed by atoms with Crippen molar-refractivity contribution in [1.82, 2.24) is 0 Å². The Morgan fingerprint density at radius 1 is 0.567 bits per heavy atom. The lowest BCUT2D eigenvalue weighted by atomic mass is 9.78. The first-order valence-electron chi connectivity index (χ1n) is 10.8. The van der Waals surface area contributed by atoms with E-state index in [4.69, 9.17) is 0 Å². The van der Waals surface area contributed by atoms with Gasteiger partial charge in [0.25, 0.3) is 0 Å². The molecule has 7 rings (SSSR count). The van der Waals surface area contributed by atoms with Crippen molar-refractivity contribution in [3.05, 3.63) is 107 Å². The summed E-state index contributed by atoms with van der Waals surface area (Å²) in [7, 11) is 0. The van der Waals surface area contributed by atoms with Gasteiger partial charge in [-0.15, -0.1) is 0 Å². The fraction of sp³-hybridized carbons (Fsp3) is 0.133. The van der Waals surface area contributed by atoms with Crippen LogP contribution in [0.2, 0.25) is 0 Å². The van der Waals surface area contributed by atoms with Gasteiger partial charge in [0.2, 0.25) is 0 Å². The second-order valence-electron chi connectivity index (χ2n) is 9.31. The predicted octanol–water partition coefficient (Wildman–Crippen LogP) is 7.87. The summed E-state index contributed by atoms with van der Waals surface area (Å²) < 4.78 is 0. The van der Waals surface area contributed by atoms with Crippen LogP contribution < -0.4 is 0 Å². The van der Waals surface area contributed by atoms with Gasteiger partial charge in [-0.05, 0) is 72.5 Å². The third-order valence-electron chi connectivity index (χ3n) is 7.46. The van der Waals surface area contributed by atoms with E-state index in [-0.39, 0.29) is 5.41 Å². The molecule has 5 aromatic rings. The average molecular weight is 383 g/mol. The van der Waals surface area contributed by atoms with Crippen LogP contribution >= 0.6 is 0 Å². The fourth-order valence-electron chi connectivity index (χ4n) is 6.22. The van der Waals surface area contributed by atoms with Crippen LogP contribution in [0.4, 0.5) is 0 Å². The van der Waals surface area contributed by atoms with Gasteiger partial charge in [0.1, 0.15) is 0 Å². The Balaban J connectivity index is 1.69. The van der Waals surface area contributed by atoms with E-state index in [0.717, 1.165) is 6.42 Å². The average Bonchev–Trinajstić information content (AvgIpc) is 3.28. The summed E-state index contributed by atoms with van der Waals surface area (Å²) in [6.45, 7) is 4.80. The minimum atomic E-state index is 0.00558.